The van der Waals surface area contributed by atoms with Crippen LogP contribution in [0.25, 0.3) is 0 Å². The molecule has 0 aliphatic rings. The number of rotatable bonds is 19. The van der Waals surface area contributed by atoms with Crippen molar-refractivity contribution < 1.29 is 23.8 Å². The summed E-state index contributed by atoms with van der Waals surface area (Å²) in [5.74, 6) is -0.953. The number of carbonyl (C=O) groups excluding carboxylic acids is 2. The molecule has 0 aliphatic carbocycles. The van der Waals surface area contributed by atoms with Gasteiger partial charge in [-0.15, -0.1) is 0 Å². The molecular formula is C23H44O5. The van der Waals surface area contributed by atoms with Gasteiger partial charge >= 0.3 is 11.9 Å². The van der Waals surface area contributed by atoms with Crippen molar-refractivity contribution in [2.24, 2.45) is 5.41 Å². The van der Waals surface area contributed by atoms with Crippen LogP contribution in [0.1, 0.15) is 104 Å². The fraction of sp³-hybridized carbons (Fsp3) is 0.913. The average Bonchev–Trinajstić information content (AvgIpc) is 2.70. The number of hydrogen-bond acceptors (Lipinski definition) is 5. The zero-order valence-electron chi connectivity index (χ0n) is 18.9. The van der Waals surface area contributed by atoms with Crippen molar-refractivity contribution in [3.05, 3.63) is 0 Å². The summed E-state index contributed by atoms with van der Waals surface area (Å²) in [5, 5.41) is 0. The number of hydrogen-bond donors (Lipinski definition) is 0. The molecule has 0 aromatic rings. The Morgan fingerprint density at radius 3 is 1.46 bits per heavy atom. The van der Waals surface area contributed by atoms with Crippen molar-refractivity contribution in [3.8, 4) is 0 Å². The summed E-state index contributed by atoms with van der Waals surface area (Å²) in [7, 11) is 1.54. The Morgan fingerprint density at radius 1 is 0.607 bits per heavy atom. The van der Waals surface area contributed by atoms with Crippen molar-refractivity contribution in [1.29, 1.82) is 0 Å². The van der Waals surface area contributed by atoms with Crippen molar-refractivity contribution in [1.82, 2.24) is 0 Å². The van der Waals surface area contributed by atoms with E-state index in [4.69, 9.17) is 14.2 Å². The third kappa shape index (κ3) is 11.0. The maximum absolute atomic E-state index is 12.5. The van der Waals surface area contributed by atoms with Gasteiger partial charge in [-0.2, -0.15) is 0 Å². The smallest absolute Gasteiger partial charge is 0.323 e. The molecule has 0 spiro atoms. The molecule has 0 aromatic heterocycles. The molecule has 5 nitrogen and oxygen atoms in total. The zero-order chi connectivity index (χ0) is 21.1. The largest absolute Gasteiger partial charge is 0.465 e. The molecule has 0 rings (SSSR count). The Labute approximate surface area is 172 Å². The minimum Gasteiger partial charge on any atom is -0.465 e. The van der Waals surface area contributed by atoms with Crippen molar-refractivity contribution in [3.63, 3.8) is 0 Å². The van der Waals surface area contributed by atoms with Crippen LogP contribution in [0.5, 0.6) is 0 Å². The van der Waals surface area contributed by atoms with Gasteiger partial charge in [0.1, 0.15) is 6.61 Å². The molecule has 0 aromatic carbocycles. The second-order valence-electron chi connectivity index (χ2n) is 7.59. The molecule has 28 heavy (non-hydrogen) atoms. The Morgan fingerprint density at radius 2 is 1.04 bits per heavy atom. The van der Waals surface area contributed by atoms with Crippen LogP contribution in [0.2, 0.25) is 0 Å². The van der Waals surface area contributed by atoms with E-state index in [1.165, 1.54) is 57.8 Å². The Bertz CT molecular complexity index is 390. The molecule has 5 heteroatoms. The lowest BCUT2D eigenvalue weighted by atomic mass is 9.82. The molecule has 0 amide bonds. The van der Waals surface area contributed by atoms with E-state index in [1.54, 1.807) is 7.11 Å². The molecule has 166 valence electrons. The highest BCUT2D eigenvalue weighted by Gasteiger charge is 2.45. The van der Waals surface area contributed by atoms with Gasteiger partial charge in [-0.3, -0.25) is 9.59 Å². The maximum atomic E-state index is 12.5. The van der Waals surface area contributed by atoms with Crippen LogP contribution < -0.4 is 0 Å². The zero-order valence-corrected chi connectivity index (χ0v) is 18.9. The van der Waals surface area contributed by atoms with Crippen LogP contribution in [0.3, 0.4) is 0 Å². The van der Waals surface area contributed by atoms with Gasteiger partial charge in [-0.1, -0.05) is 85.0 Å². The molecule has 0 heterocycles. The Hall–Kier alpha value is -1.10. The van der Waals surface area contributed by atoms with Gasteiger partial charge < -0.3 is 14.2 Å². The summed E-state index contributed by atoms with van der Waals surface area (Å²) in [5.41, 5.74) is -1.19. The second-order valence-corrected chi connectivity index (χ2v) is 7.59. The van der Waals surface area contributed by atoms with E-state index in [2.05, 4.69) is 6.92 Å². The molecule has 0 radical (unpaired) electrons. The lowest BCUT2D eigenvalue weighted by molar-refractivity contribution is -0.174. The molecule has 0 unspecified atom stereocenters. The highest BCUT2D eigenvalue weighted by molar-refractivity contribution is 5.99. The SMILES string of the molecule is CCCCCCCCCCCCCOC(=O)C(CC)(CC)C(=O)OCCOC. The number of carbonyl (C=O) groups is 2. The normalized spacial score (nSPS) is 11.4. The van der Waals surface area contributed by atoms with Crippen LogP contribution in [0, 0.1) is 5.41 Å². The standard InChI is InChI=1S/C23H44O5/c1-5-8-9-10-11-12-13-14-15-16-17-18-27-21(24)23(6-2,7-3)22(25)28-20-19-26-4/h5-20H2,1-4H3. The van der Waals surface area contributed by atoms with E-state index in [0.29, 0.717) is 26.1 Å². The first kappa shape index (κ1) is 26.9. The van der Waals surface area contributed by atoms with Crippen LogP contribution >= 0.6 is 0 Å². The summed E-state index contributed by atoms with van der Waals surface area (Å²) >= 11 is 0. The molecule has 0 bridgehead atoms. The summed E-state index contributed by atoms with van der Waals surface area (Å²) in [6.45, 7) is 6.75. The molecule has 0 fully saturated rings. The van der Waals surface area contributed by atoms with E-state index in [1.807, 2.05) is 13.8 Å². The molecule has 0 atom stereocenters. The topological polar surface area (TPSA) is 61.8 Å². The fourth-order valence-electron chi connectivity index (χ4n) is 3.34. The fourth-order valence-corrected chi connectivity index (χ4v) is 3.34. The predicted octanol–water partition coefficient (Wildman–Crippen LogP) is 5.84. The van der Waals surface area contributed by atoms with Gasteiger partial charge in [0.2, 0.25) is 0 Å². The van der Waals surface area contributed by atoms with E-state index in [-0.39, 0.29) is 6.61 Å². The van der Waals surface area contributed by atoms with Gasteiger partial charge in [-0.25, -0.2) is 0 Å². The minimum absolute atomic E-state index is 0.156. The Balaban J connectivity index is 3.93. The summed E-state index contributed by atoms with van der Waals surface area (Å²) in [4.78, 5) is 24.9. The maximum Gasteiger partial charge on any atom is 0.323 e. The van der Waals surface area contributed by atoms with Gasteiger partial charge in [0.15, 0.2) is 5.41 Å². The average molecular weight is 401 g/mol. The molecule has 0 aliphatic heterocycles. The molecular weight excluding hydrogens is 356 g/mol. The van der Waals surface area contributed by atoms with Gasteiger partial charge in [0.05, 0.1) is 13.2 Å². The summed E-state index contributed by atoms with van der Waals surface area (Å²) in [6, 6.07) is 0. The van der Waals surface area contributed by atoms with Gasteiger partial charge in [0, 0.05) is 7.11 Å². The van der Waals surface area contributed by atoms with Crippen LogP contribution in [-0.2, 0) is 23.8 Å². The van der Waals surface area contributed by atoms with E-state index < -0.39 is 17.4 Å². The van der Waals surface area contributed by atoms with E-state index in [0.717, 1.165) is 12.8 Å². The highest BCUT2D eigenvalue weighted by atomic mass is 16.6. The highest BCUT2D eigenvalue weighted by Crippen LogP contribution is 2.30. The molecule has 0 saturated carbocycles. The predicted molar refractivity (Wildman–Crippen MR) is 113 cm³/mol. The number of unbranched alkanes of at least 4 members (excludes halogenated alkanes) is 10. The first-order valence-electron chi connectivity index (χ1n) is 11.4. The molecule has 0 N–H and O–H groups in total. The molecule has 0 saturated heterocycles. The van der Waals surface area contributed by atoms with Crippen molar-refractivity contribution in [2.75, 3.05) is 26.9 Å². The van der Waals surface area contributed by atoms with Crippen LogP contribution in [0.15, 0.2) is 0 Å². The quantitative estimate of drug-likeness (QED) is 0.155. The lowest BCUT2D eigenvalue weighted by Gasteiger charge is -2.26. The third-order valence-electron chi connectivity index (χ3n) is 5.49. The van der Waals surface area contributed by atoms with Gasteiger partial charge in [0.25, 0.3) is 0 Å². The lowest BCUT2D eigenvalue weighted by Crippen LogP contribution is -2.41. The number of methoxy groups -OCH3 is 1. The van der Waals surface area contributed by atoms with E-state index in [9.17, 15) is 9.59 Å². The second kappa shape index (κ2) is 18.0. The van der Waals surface area contributed by atoms with Crippen LogP contribution in [0.4, 0.5) is 0 Å². The first-order valence-corrected chi connectivity index (χ1v) is 11.4. The van der Waals surface area contributed by atoms with E-state index >= 15 is 0 Å². The van der Waals surface area contributed by atoms with Crippen molar-refractivity contribution in [2.45, 2.75) is 104 Å². The first-order chi connectivity index (χ1) is 13.6. The minimum atomic E-state index is -1.19. The monoisotopic (exact) mass is 400 g/mol. The summed E-state index contributed by atoms with van der Waals surface area (Å²) < 4.78 is 15.5. The third-order valence-corrected chi connectivity index (χ3v) is 5.49. The number of esters is 2. The van der Waals surface area contributed by atoms with Crippen molar-refractivity contribution >= 4 is 11.9 Å². The van der Waals surface area contributed by atoms with Crippen LogP contribution in [-0.4, -0.2) is 38.9 Å². The summed E-state index contributed by atoms with van der Waals surface area (Å²) in [6.07, 6.45) is 14.5. The number of ether oxygens (including phenoxy) is 3. The Kier molecular flexibility index (Phi) is 17.3. The van der Waals surface area contributed by atoms with Gasteiger partial charge in [-0.05, 0) is 19.3 Å².